The molecule has 9 rings (SSSR count). The number of carbonyl (C=O) groups excluding carboxylic acids is 2. The fourth-order valence-corrected chi connectivity index (χ4v) is 9.44. The predicted octanol–water partition coefficient (Wildman–Crippen LogP) is 9.55. The second kappa shape index (κ2) is 17.7. The highest BCUT2D eigenvalue weighted by molar-refractivity contribution is 5.90. The molecule has 5 aromatic rings. The highest BCUT2D eigenvalue weighted by Crippen LogP contribution is 2.49. The average Bonchev–Trinajstić information content (AvgIpc) is 3.24. The Kier molecular flexibility index (Phi) is 12.2. The summed E-state index contributed by atoms with van der Waals surface area (Å²) in [5, 5.41) is 11.1. The van der Waals surface area contributed by atoms with E-state index in [1.54, 1.807) is 26.0 Å². The molecule has 4 aliphatic rings. The molecule has 0 fully saturated rings. The fraction of sp³-hybridized carbons (Fsp3) is 0.365. The number of benzene rings is 4. The van der Waals surface area contributed by atoms with Crippen LogP contribution in [0.1, 0.15) is 109 Å². The van der Waals surface area contributed by atoms with Crippen LogP contribution >= 0.6 is 0 Å². The van der Waals surface area contributed by atoms with Crippen LogP contribution in [0.5, 0.6) is 5.75 Å². The number of esters is 2. The number of aryl methyl sites for hydroxylation is 1. The monoisotopic (exact) mass is 822 g/mol. The van der Waals surface area contributed by atoms with Gasteiger partial charge in [0.1, 0.15) is 16.9 Å². The first-order chi connectivity index (χ1) is 29.4. The van der Waals surface area contributed by atoms with Crippen molar-refractivity contribution < 1.29 is 38.1 Å². The Bertz CT molecular complexity index is 2540. The van der Waals surface area contributed by atoms with Gasteiger partial charge in [-0.15, -0.1) is 0 Å². The van der Waals surface area contributed by atoms with Gasteiger partial charge in [0.25, 0.3) is 0 Å². The summed E-state index contributed by atoms with van der Waals surface area (Å²) >= 11 is 0. The van der Waals surface area contributed by atoms with E-state index in [1.165, 1.54) is 23.8 Å². The van der Waals surface area contributed by atoms with Gasteiger partial charge in [-0.25, -0.2) is 9.59 Å². The highest BCUT2D eigenvalue weighted by atomic mass is 16.6. The number of ether oxygens (including phenoxy) is 4. The molecule has 61 heavy (non-hydrogen) atoms. The van der Waals surface area contributed by atoms with Crippen LogP contribution in [-0.4, -0.2) is 42.5 Å². The molecular weight excluding hydrogens is 769 g/mol. The van der Waals surface area contributed by atoms with Crippen molar-refractivity contribution in [1.82, 2.24) is 0 Å². The molecule has 1 N–H and O–H groups in total. The zero-order chi connectivity index (χ0) is 42.8. The molecule has 1 aromatic heterocycles. The summed E-state index contributed by atoms with van der Waals surface area (Å²) < 4.78 is 30.9. The molecule has 5 atom stereocenters. The largest absolute Gasteiger partial charge is 0.483 e. The number of carbonyl (C=O) groups is 2. The third-order valence-corrected chi connectivity index (χ3v) is 12.7. The lowest BCUT2D eigenvalue weighted by Crippen LogP contribution is -2.52. The van der Waals surface area contributed by atoms with Gasteiger partial charge in [-0.2, -0.15) is 0 Å². The molecular formula is C52H54O9. The van der Waals surface area contributed by atoms with Gasteiger partial charge < -0.3 is 28.5 Å². The number of aliphatic hydroxyl groups excluding tert-OH is 1. The first kappa shape index (κ1) is 41.9. The number of aliphatic hydroxyl groups is 1. The number of allylic oxidation sites excluding steroid dienone is 3. The van der Waals surface area contributed by atoms with Gasteiger partial charge >= 0.3 is 17.6 Å². The quantitative estimate of drug-likeness (QED) is 0.0741. The number of methoxy groups -OCH3 is 1. The van der Waals surface area contributed by atoms with E-state index in [-0.39, 0.29) is 48.3 Å². The van der Waals surface area contributed by atoms with Crippen molar-refractivity contribution in [3.8, 4) is 5.75 Å². The maximum atomic E-state index is 14.7. The molecule has 4 aromatic carbocycles. The summed E-state index contributed by atoms with van der Waals surface area (Å²) in [5.41, 5.74) is 6.41. The molecule has 316 valence electrons. The Labute approximate surface area is 357 Å². The maximum absolute atomic E-state index is 14.7. The van der Waals surface area contributed by atoms with E-state index in [9.17, 15) is 19.5 Å². The Morgan fingerprint density at radius 2 is 1.61 bits per heavy atom. The number of hydrogen-bond donors (Lipinski definition) is 1. The van der Waals surface area contributed by atoms with Crippen molar-refractivity contribution in [2.24, 2.45) is 5.92 Å². The predicted molar refractivity (Wildman–Crippen MR) is 234 cm³/mol. The van der Waals surface area contributed by atoms with Crippen LogP contribution in [0.3, 0.4) is 0 Å². The van der Waals surface area contributed by atoms with Gasteiger partial charge in [0.05, 0.1) is 18.8 Å². The van der Waals surface area contributed by atoms with E-state index in [2.05, 4.69) is 84.9 Å². The molecule has 4 heterocycles. The summed E-state index contributed by atoms with van der Waals surface area (Å²) in [6.45, 7) is 7.17. The van der Waals surface area contributed by atoms with Crippen molar-refractivity contribution in [1.29, 1.82) is 0 Å². The first-order valence-corrected chi connectivity index (χ1v) is 21.3. The number of fused-ring (bicyclic) bond motifs is 11. The third kappa shape index (κ3) is 8.72. The van der Waals surface area contributed by atoms with Gasteiger partial charge in [-0.1, -0.05) is 96.6 Å². The molecule has 0 saturated heterocycles. The SMILES string of the molecule is COCCc1c(CO)c2ccc3c(c2oc1=O)C1OC(=O)CC2CC(c4cccc(Cc5ccccc5)c4)C=CC2c2ccc(cc2)CCC(=C(C)C)C(=O)OC1C(C)(C)O3. The standard InChI is InChI=1S/C52H54O9/c1-31(2)39-20-16-32-14-17-35(18-15-32)40-21-19-37(36-13-9-12-34(27-36)26-33-10-7-6-8-11-33)28-38(40)29-45(54)58-48-46-44(61-52(3,4)49(48)60-50(39)55)23-22-41-43(30-53)42(24-25-57-5)51(56)59-47(41)46/h6-15,17-19,21-23,27,37-38,40,48-49,53H,16,20,24-26,28-30H2,1-5H3. The van der Waals surface area contributed by atoms with Crippen molar-refractivity contribution in [2.75, 3.05) is 13.7 Å². The van der Waals surface area contributed by atoms with E-state index in [0.717, 1.165) is 23.1 Å². The zero-order valence-corrected chi connectivity index (χ0v) is 35.6. The van der Waals surface area contributed by atoms with Crippen LogP contribution in [-0.2, 0) is 49.7 Å². The fourth-order valence-electron chi connectivity index (χ4n) is 9.44. The molecule has 2 bridgehead atoms. The molecule has 3 aliphatic heterocycles. The molecule has 9 heteroatoms. The Morgan fingerprint density at radius 1 is 0.836 bits per heavy atom. The molecule has 0 radical (unpaired) electrons. The summed E-state index contributed by atoms with van der Waals surface area (Å²) in [4.78, 5) is 42.7. The first-order valence-electron chi connectivity index (χ1n) is 21.3. The minimum absolute atomic E-state index is 0.0601. The van der Waals surface area contributed by atoms with Gasteiger partial charge in [0, 0.05) is 48.3 Å². The molecule has 0 spiro atoms. The summed E-state index contributed by atoms with van der Waals surface area (Å²) in [6, 6.07) is 31.1. The zero-order valence-electron chi connectivity index (χ0n) is 35.6. The molecule has 1 aliphatic carbocycles. The lowest BCUT2D eigenvalue weighted by atomic mass is 9.72. The van der Waals surface area contributed by atoms with Crippen LogP contribution in [0.25, 0.3) is 11.0 Å². The van der Waals surface area contributed by atoms with E-state index in [1.807, 2.05) is 19.9 Å². The summed E-state index contributed by atoms with van der Waals surface area (Å²) in [6.07, 6.45) is 5.05. The molecule has 0 amide bonds. The number of hydrogen-bond acceptors (Lipinski definition) is 9. The van der Waals surface area contributed by atoms with Crippen LogP contribution in [0.4, 0.5) is 0 Å². The van der Waals surface area contributed by atoms with E-state index < -0.39 is 42.0 Å². The lowest BCUT2D eigenvalue weighted by Gasteiger charge is -2.43. The molecule has 5 unspecified atom stereocenters. The van der Waals surface area contributed by atoms with Crippen molar-refractivity contribution in [3.05, 3.63) is 169 Å². The van der Waals surface area contributed by atoms with E-state index in [0.29, 0.717) is 47.1 Å². The topological polar surface area (TPSA) is 122 Å². The van der Waals surface area contributed by atoms with Crippen molar-refractivity contribution in [3.63, 3.8) is 0 Å². The van der Waals surface area contributed by atoms with Crippen LogP contribution in [0.15, 0.2) is 124 Å². The van der Waals surface area contributed by atoms with Gasteiger partial charge in [0.15, 0.2) is 12.2 Å². The molecule has 0 saturated carbocycles. The second-order valence-electron chi connectivity index (χ2n) is 17.4. The highest BCUT2D eigenvalue weighted by Gasteiger charge is 2.51. The minimum Gasteiger partial charge on any atom is -0.483 e. The van der Waals surface area contributed by atoms with E-state index >= 15 is 0 Å². The Hall–Kier alpha value is -5.77. The maximum Gasteiger partial charge on any atom is 0.339 e. The van der Waals surface area contributed by atoms with Gasteiger partial charge in [0.2, 0.25) is 0 Å². The summed E-state index contributed by atoms with van der Waals surface area (Å²) in [5.74, 6) is -0.833. The van der Waals surface area contributed by atoms with Gasteiger partial charge in [-0.3, -0.25) is 4.79 Å². The summed E-state index contributed by atoms with van der Waals surface area (Å²) in [7, 11) is 1.54. The van der Waals surface area contributed by atoms with Crippen molar-refractivity contribution >= 4 is 22.9 Å². The Morgan fingerprint density at radius 3 is 2.34 bits per heavy atom. The average molecular weight is 823 g/mol. The normalized spacial score (nSPS) is 22.4. The van der Waals surface area contributed by atoms with Crippen LogP contribution in [0.2, 0.25) is 0 Å². The van der Waals surface area contributed by atoms with Gasteiger partial charge in [-0.05, 0) is 105 Å². The van der Waals surface area contributed by atoms with Crippen LogP contribution < -0.4 is 10.4 Å². The second-order valence-corrected chi connectivity index (χ2v) is 17.4. The van der Waals surface area contributed by atoms with Crippen molar-refractivity contribution in [2.45, 2.75) is 102 Å². The number of rotatable bonds is 7. The third-order valence-electron chi connectivity index (χ3n) is 12.7. The molecule has 9 nitrogen and oxygen atoms in total. The minimum atomic E-state index is -1.22. The van der Waals surface area contributed by atoms with E-state index in [4.69, 9.17) is 23.4 Å². The smallest absolute Gasteiger partial charge is 0.339 e. The Balaban J connectivity index is 1.22. The lowest BCUT2D eigenvalue weighted by molar-refractivity contribution is -0.188. The van der Waals surface area contributed by atoms with Crippen LogP contribution in [0, 0.1) is 5.92 Å².